The fourth-order valence-electron chi connectivity index (χ4n) is 2.07. The monoisotopic (exact) mass is 193 g/mol. The van der Waals surface area contributed by atoms with E-state index in [2.05, 4.69) is 4.98 Å². The molecule has 1 aromatic rings. The molecule has 4 heteroatoms. The van der Waals surface area contributed by atoms with Crippen molar-refractivity contribution >= 4 is 5.97 Å². The highest BCUT2D eigenvalue weighted by atomic mass is 16.5. The zero-order valence-corrected chi connectivity index (χ0v) is 7.67. The van der Waals surface area contributed by atoms with Crippen molar-refractivity contribution in [1.29, 1.82) is 0 Å². The molecule has 1 aliphatic heterocycles. The molecule has 14 heavy (non-hydrogen) atoms. The fourth-order valence-corrected chi connectivity index (χ4v) is 2.07. The number of aromatic carboxylic acids is 1. The van der Waals surface area contributed by atoms with E-state index in [1.807, 2.05) is 0 Å². The molecule has 1 fully saturated rings. The summed E-state index contributed by atoms with van der Waals surface area (Å²) < 4.78 is 5.21. The van der Waals surface area contributed by atoms with Gasteiger partial charge in [0.2, 0.25) is 0 Å². The molecular weight excluding hydrogens is 182 g/mol. The summed E-state index contributed by atoms with van der Waals surface area (Å²) in [5, 5.41) is 9.12. The lowest BCUT2D eigenvalue weighted by Gasteiger charge is -1.99. The highest BCUT2D eigenvalue weighted by molar-refractivity contribution is 5.92. The third kappa shape index (κ3) is 1.00. The Hall–Kier alpha value is -1.29. The molecular formula is C10H11NO3. The van der Waals surface area contributed by atoms with Gasteiger partial charge in [-0.1, -0.05) is 0 Å². The molecule has 1 aromatic heterocycles. The molecule has 0 spiro atoms. The van der Waals surface area contributed by atoms with E-state index in [4.69, 9.17) is 9.84 Å². The zero-order valence-electron chi connectivity index (χ0n) is 7.67. The van der Waals surface area contributed by atoms with Crippen LogP contribution in [0.3, 0.4) is 0 Å². The third-order valence-corrected chi connectivity index (χ3v) is 2.91. The highest BCUT2D eigenvalue weighted by Crippen LogP contribution is 2.43. The lowest BCUT2D eigenvalue weighted by Crippen LogP contribution is -2.02. The van der Waals surface area contributed by atoms with Crippen molar-refractivity contribution in [3.05, 3.63) is 22.5 Å². The first-order valence-corrected chi connectivity index (χ1v) is 4.82. The Labute approximate surface area is 80.9 Å². The van der Waals surface area contributed by atoms with Crippen molar-refractivity contribution in [2.45, 2.75) is 32.0 Å². The summed E-state index contributed by atoms with van der Waals surface area (Å²) in [7, 11) is 0. The standard InChI is InChI=1S/C10H11NO3/c12-10(13)8-6-3-14-4-7(6)11-9(8)5-1-2-5/h5,11H,1-4H2,(H,12,13). The van der Waals surface area contributed by atoms with Gasteiger partial charge in [0.1, 0.15) is 0 Å². The number of H-pyrrole nitrogens is 1. The van der Waals surface area contributed by atoms with Gasteiger partial charge in [-0.05, 0) is 18.8 Å². The number of ether oxygens (including phenoxy) is 1. The van der Waals surface area contributed by atoms with Gasteiger partial charge in [0.25, 0.3) is 0 Å². The Bertz CT molecular complexity index is 404. The molecule has 0 saturated heterocycles. The molecule has 0 aromatic carbocycles. The molecule has 0 amide bonds. The Morgan fingerprint density at radius 1 is 1.43 bits per heavy atom. The van der Waals surface area contributed by atoms with E-state index in [0.717, 1.165) is 29.8 Å². The topological polar surface area (TPSA) is 62.3 Å². The fraction of sp³-hybridized carbons (Fsp3) is 0.500. The number of carboxylic acid groups (broad SMARTS) is 1. The number of hydrogen-bond donors (Lipinski definition) is 2. The van der Waals surface area contributed by atoms with E-state index in [-0.39, 0.29) is 0 Å². The SMILES string of the molecule is O=C(O)c1c(C2CC2)[nH]c2c1COC2. The first kappa shape index (κ1) is 8.05. The van der Waals surface area contributed by atoms with Crippen molar-refractivity contribution < 1.29 is 14.6 Å². The van der Waals surface area contributed by atoms with Crippen LogP contribution in [-0.2, 0) is 18.0 Å². The van der Waals surface area contributed by atoms with Crippen LogP contribution >= 0.6 is 0 Å². The van der Waals surface area contributed by atoms with Gasteiger partial charge in [0.05, 0.1) is 18.8 Å². The second-order valence-electron chi connectivity index (χ2n) is 3.94. The predicted octanol–water partition coefficient (Wildman–Crippen LogP) is 1.62. The minimum Gasteiger partial charge on any atom is -0.478 e. The van der Waals surface area contributed by atoms with Crippen molar-refractivity contribution in [3.8, 4) is 0 Å². The van der Waals surface area contributed by atoms with E-state index >= 15 is 0 Å². The molecule has 3 rings (SSSR count). The van der Waals surface area contributed by atoms with Crippen LogP contribution in [0.25, 0.3) is 0 Å². The number of nitrogens with one attached hydrogen (secondary N) is 1. The van der Waals surface area contributed by atoms with Crippen LogP contribution in [-0.4, -0.2) is 16.1 Å². The molecule has 0 atom stereocenters. The van der Waals surface area contributed by atoms with Crippen LogP contribution in [0.1, 0.15) is 46.1 Å². The second kappa shape index (κ2) is 2.60. The largest absolute Gasteiger partial charge is 0.478 e. The summed E-state index contributed by atoms with van der Waals surface area (Å²) >= 11 is 0. The Morgan fingerprint density at radius 3 is 2.86 bits per heavy atom. The van der Waals surface area contributed by atoms with Crippen molar-refractivity contribution in [1.82, 2.24) is 4.98 Å². The maximum Gasteiger partial charge on any atom is 0.337 e. The molecule has 4 nitrogen and oxygen atoms in total. The molecule has 0 radical (unpaired) electrons. The lowest BCUT2D eigenvalue weighted by atomic mass is 10.1. The van der Waals surface area contributed by atoms with E-state index in [0.29, 0.717) is 24.7 Å². The normalized spacial score (nSPS) is 19.7. The van der Waals surface area contributed by atoms with Crippen LogP contribution < -0.4 is 0 Å². The van der Waals surface area contributed by atoms with Crippen LogP contribution in [0.5, 0.6) is 0 Å². The molecule has 2 aliphatic rings. The van der Waals surface area contributed by atoms with Crippen molar-refractivity contribution in [2.75, 3.05) is 0 Å². The van der Waals surface area contributed by atoms with E-state index in [1.165, 1.54) is 0 Å². The first-order valence-electron chi connectivity index (χ1n) is 4.82. The van der Waals surface area contributed by atoms with Crippen LogP contribution in [0.4, 0.5) is 0 Å². The van der Waals surface area contributed by atoms with Crippen molar-refractivity contribution in [2.24, 2.45) is 0 Å². The predicted molar refractivity (Wildman–Crippen MR) is 48.2 cm³/mol. The number of fused-ring (bicyclic) bond motifs is 1. The molecule has 2 heterocycles. The Balaban J connectivity index is 2.15. The highest BCUT2D eigenvalue weighted by Gasteiger charge is 2.34. The van der Waals surface area contributed by atoms with Crippen LogP contribution in [0, 0.1) is 0 Å². The smallest absolute Gasteiger partial charge is 0.337 e. The van der Waals surface area contributed by atoms with E-state index in [1.54, 1.807) is 0 Å². The Kier molecular flexibility index (Phi) is 1.50. The zero-order chi connectivity index (χ0) is 9.71. The number of aromatic amines is 1. The van der Waals surface area contributed by atoms with E-state index in [9.17, 15) is 4.79 Å². The third-order valence-electron chi connectivity index (χ3n) is 2.91. The van der Waals surface area contributed by atoms with Gasteiger partial charge in [-0.2, -0.15) is 0 Å². The van der Waals surface area contributed by atoms with Gasteiger partial charge in [-0.25, -0.2) is 4.79 Å². The average molecular weight is 193 g/mol. The molecule has 0 bridgehead atoms. The lowest BCUT2D eigenvalue weighted by molar-refractivity contribution is 0.0690. The summed E-state index contributed by atoms with van der Waals surface area (Å²) in [4.78, 5) is 14.3. The maximum absolute atomic E-state index is 11.1. The number of hydrogen-bond acceptors (Lipinski definition) is 2. The van der Waals surface area contributed by atoms with E-state index < -0.39 is 5.97 Å². The van der Waals surface area contributed by atoms with Gasteiger partial charge in [0, 0.05) is 17.0 Å². The number of carbonyl (C=O) groups is 1. The summed E-state index contributed by atoms with van der Waals surface area (Å²) in [6, 6.07) is 0. The number of aromatic nitrogens is 1. The molecule has 1 saturated carbocycles. The van der Waals surface area contributed by atoms with Gasteiger partial charge >= 0.3 is 5.97 Å². The van der Waals surface area contributed by atoms with Gasteiger partial charge in [-0.3, -0.25) is 0 Å². The summed E-state index contributed by atoms with van der Waals surface area (Å²) in [6.07, 6.45) is 2.22. The molecule has 1 aliphatic carbocycles. The van der Waals surface area contributed by atoms with Crippen LogP contribution in [0.2, 0.25) is 0 Å². The summed E-state index contributed by atoms with van der Waals surface area (Å²) in [6.45, 7) is 0.975. The number of rotatable bonds is 2. The molecule has 74 valence electrons. The first-order chi connectivity index (χ1) is 6.77. The Morgan fingerprint density at radius 2 is 2.21 bits per heavy atom. The minimum absolute atomic E-state index is 0.445. The number of carboxylic acids is 1. The summed E-state index contributed by atoms with van der Waals surface area (Å²) in [5.74, 6) is -0.374. The van der Waals surface area contributed by atoms with Gasteiger partial charge < -0.3 is 14.8 Å². The molecule has 2 N–H and O–H groups in total. The van der Waals surface area contributed by atoms with Crippen molar-refractivity contribution in [3.63, 3.8) is 0 Å². The average Bonchev–Trinajstić information content (AvgIpc) is 2.75. The minimum atomic E-state index is -0.824. The van der Waals surface area contributed by atoms with Gasteiger partial charge in [-0.15, -0.1) is 0 Å². The summed E-state index contributed by atoms with van der Waals surface area (Å²) in [5.41, 5.74) is 3.22. The van der Waals surface area contributed by atoms with Crippen LogP contribution in [0.15, 0.2) is 0 Å². The molecule has 0 unspecified atom stereocenters. The second-order valence-corrected chi connectivity index (χ2v) is 3.94. The maximum atomic E-state index is 11.1. The quantitative estimate of drug-likeness (QED) is 0.750. The van der Waals surface area contributed by atoms with Gasteiger partial charge in [0.15, 0.2) is 0 Å².